The van der Waals surface area contributed by atoms with Crippen LogP contribution in [-0.4, -0.2) is 15.6 Å². The van der Waals surface area contributed by atoms with Gasteiger partial charge in [-0.25, -0.2) is 0 Å². The van der Waals surface area contributed by atoms with Crippen LogP contribution in [0.2, 0.25) is 0 Å². The number of benzene rings is 1. The monoisotopic (exact) mass is 228 g/mol. The van der Waals surface area contributed by atoms with Crippen molar-refractivity contribution >= 4 is 5.78 Å². The maximum Gasteiger partial charge on any atom is 0.196 e. The Bertz CT molecular complexity index is 582. The lowest BCUT2D eigenvalue weighted by molar-refractivity contribution is 0.103. The summed E-state index contributed by atoms with van der Waals surface area (Å²) in [4.78, 5) is 12.4. The predicted molar refractivity (Wildman–Crippen MR) is 67.3 cm³/mol. The second-order valence-corrected chi connectivity index (χ2v) is 4.38. The number of aryl methyl sites for hydroxylation is 3. The number of carbonyl (C=O) groups is 1. The van der Waals surface area contributed by atoms with Crippen LogP contribution in [0.4, 0.5) is 0 Å². The molecular weight excluding hydrogens is 212 g/mol. The average Bonchev–Trinajstić information content (AvgIpc) is 2.61. The van der Waals surface area contributed by atoms with Crippen LogP contribution in [0.3, 0.4) is 0 Å². The van der Waals surface area contributed by atoms with Crippen LogP contribution in [0, 0.1) is 20.8 Å². The van der Waals surface area contributed by atoms with Gasteiger partial charge in [0.25, 0.3) is 0 Å². The number of aromatic nitrogens is 2. The van der Waals surface area contributed by atoms with E-state index in [1.165, 1.54) is 0 Å². The van der Waals surface area contributed by atoms with Crippen LogP contribution >= 0.6 is 0 Å². The molecule has 0 unspecified atom stereocenters. The van der Waals surface area contributed by atoms with Crippen molar-refractivity contribution in [1.82, 2.24) is 9.78 Å². The summed E-state index contributed by atoms with van der Waals surface area (Å²) >= 11 is 0. The molecule has 0 radical (unpaired) electrons. The molecule has 0 bridgehead atoms. The molecule has 1 aromatic heterocycles. The predicted octanol–water partition coefficient (Wildman–Crippen LogP) is 2.58. The minimum absolute atomic E-state index is 0.0526. The van der Waals surface area contributed by atoms with E-state index in [1.54, 1.807) is 10.9 Å². The van der Waals surface area contributed by atoms with Crippen LogP contribution in [0.25, 0.3) is 0 Å². The number of nitrogens with zero attached hydrogens (tertiary/aromatic N) is 2. The topological polar surface area (TPSA) is 34.9 Å². The highest BCUT2D eigenvalue weighted by Crippen LogP contribution is 2.18. The first-order valence-corrected chi connectivity index (χ1v) is 5.62. The van der Waals surface area contributed by atoms with E-state index in [0.717, 1.165) is 22.4 Å². The quantitative estimate of drug-likeness (QED) is 0.740. The SMILES string of the molecule is Cc1cccc(C(=O)c2cn(C)nc2C)c1C. The number of carbonyl (C=O) groups excluding carboxylic acids is 1. The third-order valence-electron chi connectivity index (χ3n) is 3.11. The fourth-order valence-electron chi connectivity index (χ4n) is 1.96. The lowest BCUT2D eigenvalue weighted by Gasteiger charge is -2.06. The van der Waals surface area contributed by atoms with E-state index < -0.39 is 0 Å². The Balaban J connectivity index is 2.51. The fourth-order valence-corrected chi connectivity index (χ4v) is 1.96. The van der Waals surface area contributed by atoms with Gasteiger partial charge in [-0.1, -0.05) is 18.2 Å². The van der Waals surface area contributed by atoms with Crippen molar-refractivity contribution in [1.29, 1.82) is 0 Å². The summed E-state index contributed by atoms with van der Waals surface area (Å²) in [6.45, 7) is 5.86. The van der Waals surface area contributed by atoms with Gasteiger partial charge in [0.2, 0.25) is 0 Å². The molecule has 0 spiro atoms. The maximum absolute atomic E-state index is 12.4. The molecule has 1 heterocycles. The highest BCUT2D eigenvalue weighted by molar-refractivity contribution is 6.10. The molecule has 2 rings (SSSR count). The van der Waals surface area contributed by atoms with E-state index in [1.807, 2.05) is 46.0 Å². The van der Waals surface area contributed by atoms with Gasteiger partial charge < -0.3 is 0 Å². The Labute approximate surface area is 101 Å². The van der Waals surface area contributed by atoms with Gasteiger partial charge >= 0.3 is 0 Å². The molecule has 2 aromatic rings. The number of hydrogen-bond acceptors (Lipinski definition) is 2. The highest BCUT2D eigenvalue weighted by atomic mass is 16.1. The molecule has 88 valence electrons. The van der Waals surface area contributed by atoms with E-state index in [0.29, 0.717) is 5.56 Å². The Morgan fingerprint density at radius 1 is 1.18 bits per heavy atom. The van der Waals surface area contributed by atoms with Crippen molar-refractivity contribution in [3.63, 3.8) is 0 Å². The van der Waals surface area contributed by atoms with Crippen LogP contribution in [0.5, 0.6) is 0 Å². The zero-order valence-electron chi connectivity index (χ0n) is 10.6. The van der Waals surface area contributed by atoms with Gasteiger partial charge in [-0.3, -0.25) is 9.48 Å². The molecule has 0 saturated carbocycles. The Morgan fingerprint density at radius 2 is 1.88 bits per heavy atom. The van der Waals surface area contributed by atoms with Gasteiger partial charge in [0, 0.05) is 18.8 Å². The summed E-state index contributed by atoms with van der Waals surface area (Å²) < 4.78 is 1.67. The molecule has 0 aliphatic heterocycles. The number of rotatable bonds is 2. The van der Waals surface area contributed by atoms with Gasteiger partial charge in [0.1, 0.15) is 0 Å². The lowest BCUT2D eigenvalue weighted by Crippen LogP contribution is -2.05. The molecule has 17 heavy (non-hydrogen) atoms. The highest BCUT2D eigenvalue weighted by Gasteiger charge is 2.16. The summed E-state index contributed by atoms with van der Waals surface area (Å²) in [6.07, 6.45) is 1.78. The van der Waals surface area contributed by atoms with E-state index in [-0.39, 0.29) is 5.78 Å². The third kappa shape index (κ3) is 2.00. The molecule has 0 atom stereocenters. The summed E-state index contributed by atoms with van der Waals surface area (Å²) in [5.74, 6) is 0.0526. The van der Waals surface area contributed by atoms with Crippen molar-refractivity contribution in [2.75, 3.05) is 0 Å². The molecule has 0 fully saturated rings. The van der Waals surface area contributed by atoms with Gasteiger partial charge in [0.15, 0.2) is 5.78 Å². The number of ketones is 1. The molecule has 0 saturated heterocycles. The van der Waals surface area contributed by atoms with Crippen LogP contribution in [-0.2, 0) is 7.05 Å². The molecule has 1 aromatic carbocycles. The Hall–Kier alpha value is -1.90. The van der Waals surface area contributed by atoms with E-state index >= 15 is 0 Å². The van der Waals surface area contributed by atoms with Crippen molar-refractivity contribution in [3.8, 4) is 0 Å². The van der Waals surface area contributed by atoms with E-state index in [2.05, 4.69) is 5.10 Å². The summed E-state index contributed by atoms with van der Waals surface area (Å²) in [6, 6.07) is 5.81. The Kier molecular flexibility index (Phi) is 2.84. The van der Waals surface area contributed by atoms with Gasteiger partial charge in [0.05, 0.1) is 11.3 Å². The first-order chi connectivity index (χ1) is 8.00. The van der Waals surface area contributed by atoms with Crippen molar-refractivity contribution in [2.45, 2.75) is 20.8 Å². The molecule has 3 nitrogen and oxygen atoms in total. The number of hydrogen-bond donors (Lipinski definition) is 0. The van der Waals surface area contributed by atoms with Gasteiger partial charge in [-0.05, 0) is 31.9 Å². The molecule has 0 amide bonds. The van der Waals surface area contributed by atoms with Crippen molar-refractivity contribution < 1.29 is 4.79 Å². The van der Waals surface area contributed by atoms with E-state index in [4.69, 9.17) is 0 Å². The Morgan fingerprint density at radius 3 is 2.47 bits per heavy atom. The molecule has 0 aliphatic carbocycles. The average molecular weight is 228 g/mol. The van der Waals surface area contributed by atoms with Crippen molar-refractivity contribution in [2.24, 2.45) is 7.05 Å². The third-order valence-corrected chi connectivity index (χ3v) is 3.11. The summed E-state index contributed by atoms with van der Waals surface area (Å²) in [5, 5.41) is 4.21. The smallest absolute Gasteiger partial charge is 0.196 e. The fraction of sp³-hybridized carbons (Fsp3) is 0.286. The molecule has 0 N–H and O–H groups in total. The second kappa shape index (κ2) is 4.17. The standard InChI is InChI=1S/C14H16N2O/c1-9-6-5-7-12(10(9)2)14(17)13-8-16(4)15-11(13)3/h5-8H,1-4H3. The zero-order chi connectivity index (χ0) is 12.6. The van der Waals surface area contributed by atoms with E-state index in [9.17, 15) is 4.79 Å². The van der Waals surface area contributed by atoms with Gasteiger partial charge in [-0.2, -0.15) is 5.10 Å². The largest absolute Gasteiger partial charge is 0.288 e. The normalized spacial score (nSPS) is 10.6. The van der Waals surface area contributed by atoms with Crippen LogP contribution in [0.1, 0.15) is 32.7 Å². The molecular formula is C14H16N2O. The maximum atomic E-state index is 12.4. The lowest BCUT2D eigenvalue weighted by atomic mass is 9.97. The molecule has 3 heteroatoms. The first-order valence-electron chi connectivity index (χ1n) is 5.62. The van der Waals surface area contributed by atoms with Crippen LogP contribution in [0.15, 0.2) is 24.4 Å². The van der Waals surface area contributed by atoms with Gasteiger partial charge in [-0.15, -0.1) is 0 Å². The summed E-state index contributed by atoms with van der Waals surface area (Å²) in [7, 11) is 1.83. The first kappa shape index (κ1) is 11.6. The summed E-state index contributed by atoms with van der Waals surface area (Å²) in [5.41, 5.74) is 4.40. The second-order valence-electron chi connectivity index (χ2n) is 4.38. The van der Waals surface area contributed by atoms with Crippen molar-refractivity contribution in [3.05, 3.63) is 52.3 Å². The minimum Gasteiger partial charge on any atom is -0.288 e. The van der Waals surface area contributed by atoms with Crippen LogP contribution < -0.4 is 0 Å². The molecule has 0 aliphatic rings. The minimum atomic E-state index is 0.0526. The zero-order valence-corrected chi connectivity index (χ0v) is 10.6.